The molecule has 0 amide bonds. The van der Waals surface area contributed by atoms with Gasteiger partial charge in [-0.1, -0.05) is 0 Å². The number of hydroxylamine groups is 1. The Kier molecular flexibility index (Phi) is 1.44. The molecule has 0 aromatic carbocycles. The summed E-state index contributed by atoms with van der Waals surface area (Å²) in [4.78, 5) is 4.28. The molecule has 1 saturated heterocycles. The third-order valence-electron chi connectivity index (χ3n) is 0.959. The van der Waals surface area contributed by atoms with Crippen molar-refractivity contribution in [1.82, 2.24) is 5.48 Å². The molecule has 0 aromatic rings. The summed E-state index contributed by atoms with van der Waals surface area (Å²) in [6, 6.07) is -2.79. The van der Waals surface area contributed by atoms with Gasteiger partial charge >= 0.3 is 6.05 Å². The molecular weight excluding hydrogens is 116 g/mol. The lowest BCUT2D eigenvalue weighted by Crippen LogP contribution is -2.40. The molecular formula is C4H7F2NO. The molecule has 1 N–H and O–H groups in total. The highest BCUT2D eigenvalue weighted by molar-refractivity contribution is 4.60. The van der Waals surface area contributed by atoms with E-state index in [0.29, 0.717) is 13.0 Å². The fourth-order valence-electron chi connectivity index (χ4n) is 0.574. The van der Waals surface area contributed by atoms with Crippen molar-refractivity contribution in [3.8, 4) is 0 Å². The molecule has 4 heteroatoms. The van der Waals surface area contributed by atoms with E-state index in [4.69, 9.17) is 0 Å². The number of halogens is 2. The number of hydrogen-bond acceptors (Lipinski definition) is 2. The van der Waals surface area contributed by atoms with Crippen LogP contribution in [0, 0.1) is 0 Å². The van der Waals surface area contributed by atoms with Crippen LogP contribution in [0.3, 0.4) is 0 Å². The summed E-state index contributed by atoms with van der Waals surface area (Å²) < 4.78 is 23.9. The zero-order valence-electron chi connectivity index (χ0n) is 4.29. The van der Waals surface area contributed by atoms with Crippen molar-refractivity contribution < 1.29 is 13.6 Å². The minimum absolute atomic E-state index is 0.118. The Bertz CT molecular complexity index is 78.1. The van der Waals surface area contributed by atoms with Gasteiger partial charge in [-0.25, -0.2) is 0 Å². The third kappa shape index (κ3) is 1.38. The van der Waals surface area contributed by atoms with E-state index in [1.165, 1.54) is 0 Å². The third-order valence-corrected chi connectivity index (χ3v) is 0.959. The van der Waals surface area contributed by atoms with E-state index in [1.807, 2.05) is 0 Å². The van der Waals surface area contributed by atoms with Crippen molar-refractivity contribution in [3.05, 3.63) is 0 Å². The average molecular weight is 123 g/mol. The molecule has 1 aliphatic rings. The second kappa shape index (κ2) is 1.95. The molecule has 1 fully saturated rings. The lowest BCUT2D eigenvalue weighted by molar-refractivity contribution is -0.190. The predicted molar refractivity (Wildman–Crippen MR) is 23.3 cm³/mol. The highest BCUT2D eigenvalue weighted by atomic mass is 19.3. The summed E-state index contributed by atoms with van der Waals surface area (Å²) in [6.07, 6.45) is 0.312. The first-order valence-corrected chi connectivity index (χ1v) is 2.47. The van der Waals surface area contributed by atoms with Crippen molar-refractivity contribution in [2.45, 2.75) is 18.9 Å². The van der Waals surface area contributed by atoms with E-state index in [-0.39, 0.29) is 6.42 Å². The van der Waals surface area contributed by atoms with Crippen molar-refractivity contribution in [1.29, 1.82) is 0 Å². The molecule has 0 unspecified atom stereocenters. The Morgan fingerprint density at radius 3 is 2.50 bits per heavy atom. The topological polar surface area (TPSA) is 21.3 Å². The van der Waals surface area contributed by atoms with Crippen molar-refractivity contribution >= 4 is 0 Å². The van der Waals surface area contributed by atoms with E-state index in [9.17, 15) is 8.78 Å². The quantitative estimate of drug-likeness (QED) is 0.483. The average Bonchev–Trinajstić information content (AvgIpc) is 1.65. The zero-order valence-corrected chi connectivity index (χ0v) is 4.29. The normalized spacial score (nSPS) is 27.8. The number of hydrogen-bond donors (Lipinski definition) is 1. The molecule has 2 nitrogen and oxygen atoms in total. The van der Waals surface area contributed by atoms with Gasteiger partial charge in [-0.2, -0.15) is 8.78 Å². The van der Waals surface area contributed by atoms with Crippen LogP contribution in [-0.4, -0.2) is 12.7 Å². The van der Waals surface area contributed by atoms with Gasteiger partial charge in [-0.05, 0) is 6.42 Å². The maximum atomic E-state index is 12.0. The maximum absolute atomic E-state index is 12.0. The Hall–Kier alpha value is -0.220. The van der Waals surface area contributed by atoms with Crippen LogP contribution in [0.25, 0.3) is 0 Å². The van der Waals surface area contributed by atoms with Crippen LogP contribution in [0.4, 0.5) is 8.78 Å². The van der Waals surface area contributed by atoms with E-state index < -0.39 is 6.05 Å². The molecule has 1 aliphatic heterocycles. The smallest absolute Gasteiger partial charge is 0.297 e. The summed E-state index contributed by atoms with van der Waals surface area (Å²) in [5, 5.41) is 0. The van der Waals surface area contributed by atoms with Gasteiger partial charge in [0.2, 0.25) is 0 Å². The van der Waals surface area contributed by atoms with Crippen LogP contribution in [0.15, 0.2) is 0 Å². The van der Waals surface area contributed by atoms with Gasteiger partial charge in [-0.3, -0.25) is 4.84 Å². The summed E-state index contributed by atoms with van der Waals surface area (Å²) in [7, 11) is 0. The summed E-state index contributed by atoms with van der Waals surface area (Å²) in [5.41, 5.74) is 1.62. The van der Waals surface area contributed by atoms with Gasteiger partial charge in [-0.15, -0.1) is 5.48 Å². The van der Waals surface area contributed by atoms with E-state index in [2.05, 4.69) is 4.84 Å². The molecule has 1 heterocycles. The van der Waals surface area contributed by atoms with Crippen LogP contribution in [-0.2, 0) is 4.84 Å². The van der Waals surface area contributed by atoms with Crippen LogP contribution < -0.4 is 5.48 Å². The van der Waals surface area contributed by atoms with Gasteiger partial charge < -0.3 is 0 Å². The maximum Gasteiger partial charge on any atom is 0.323 e. The minimum Gasteiger partial charge on any atom is -0.297 e. The van der Waals surface area contributed by atoms with Gasteiger partial charge in [0.15, 0.2) is 0 Å². The van der Waals surface area contributed by atoms with Crippen LogP contribution in [0.1, 0.15) is 12.8 Å². The first-order chi connectivity index (χ1) is 3.71. The van der Waals surface area contributed by atoms with Crippen LogP contribution >= 0.6 is 0 Å². The predicted octanol–water partition coefficient (Wildman–Crippen LogP) is 0.894. The van der Waals surface area contributed by atoms with Gasteiger partial charge in [0.25, 0.3) is 0 Å². The number of rotatable bonds is 0. The Labute approximate surface area is 45.8 Å². The van der Waals surface area contributed by atoms with E-state index >= 15 is 0 Å². The molecule has 0 atom stereocenters. The Morgan fingerprint density at radius 1 is 1.50 bits per heavy atom. The van der Waals surface area contributed by atoms with Crippen molar-refractivity contribution in [2.24, 2.45) is 0 Å². The molecule has 0 bridgehead atoms. The molecule has 0 aromatic heterocycles. The zero-order chi connectivity index (χ0) is 6.04. The second-order valence-electron chi connectivity index (χ2n) is 1.76. The minimum atomic E-state index is -2.79. The monoisotopic (exact) mass is 123 g/mol. The Morgan fingerprint density at radius 2 is 2.25 bits per heavy atom. The fraction of sp³-hybridized carbons (Fsp3) is 1.00. The SMILES string of the molecule is FC1(F)CCCON1. The highest BCUT2D eigenvalue weighted by Gasteiger charge is 2.30. The lowest BCUT2D eigenvalue weighted by atomic mass is 10.3. The molecule has 8 heavy (non-hydrogen) atoms. The van der Waals surface area contributed by atoms with Crippen LogP contribution in [0.2, 0.25) is 0 Å². The standard InChI is InChI=1S/C4H7F2NO/c5-4(6)2-1-3-8-7-4/h7H,1-3H2. The van der Waals surface area contributed by atoms with E-state index in [0.717, 1.165) is 0 Å². The van der Waals surface area contributed by atoms with Crippen LogP contribution in [0.5, 0.6) is 0 Å². The number of nitrogens with one attached hydrogen (secondary N) is 1. The van der Waals surface area contributed by atoms with E-state index in [1.54, 1.807) is 5.48 Å². The van der Waals surface area contributed by atoms with Crippen molar-refractivity contribution in [3.63, 3.8) is 0 Å². The highest BCUT2D eigenvalue weighted by Crippen LogP contribution is 2.19. The van der Waals surface area contributed by atoms with Gasteiger partial charge in [0, 0.05) is 6.42 Å². The summed E-state index contributed by atoms with van der Waals surface area (Å²) in [5.74, 6) is 0. The van der Waals surface area contributed by atoms with Crippen molar-refractivity contribution in [2.75, 3.05) is 6.61 Å². The number of alkyl halides is 2. The second-order valence-corrected chi connectivity index (χ2v) is 1.76. The molecule has 0 spiro atoms. The molecule has 48 valence electrons. The van der Waals surface area contributed by atoms with Gasteiger partial charge in [0.05, 0.1) is 6.61 Å². The fourth-order valence-corrected chi connectivity index (χ4v) is 0.574. The lowest BCUT2D eigenvalue weighted by Gasteiger charge is -2.21. The largest absolute Gasteiger partial charge is 0.323 e. The molecule has 0 radical (unpaired) electrons. The first kappa shape index (κ1) is 5.91. The molecule has 0 aliphatic carbocycles. The molecule has 0 saturated carbocycles. The summed E-state index contributed by atoms with van der Waals surface area (Å²) in [6.45, 7) is 0.385. The molecule has 1 rings (SSSR count). The van der Waals surface area contributed by atoms with Gasteiger partial charge in [0.1, 0.15) is 0 Å². The first-order valence-electron chi connectivity index (χ1n) is 2.47. The summed E-state index contributed by atoms with van der Waals surface area (Å²) >= 11 is 0. The Balaban J connectivity index is 2.33.